The van der Waals surface area contributed by atoms with E-state index in [-0.39, 0.29) is 0 Å². The van der Waals surface area contributed by atoms with Crippen molar-refractivity contribution in [2.24, 2.45) is 0 Å². The molecule has 1 N–H and O–H groups in total. The van der Waals surface area contributed by atoms with Crippen LogP contribution in [0.1, 0.15) is 0 Å². The quantitative estimate of drug-likeness (QED) is 0.774. The topological polar surface area (TPSA) is 71.1 Å². The van der Waals surface area contributed by atoms with Gasteiger partial charge in [-0.3, -0.25) is 4.90 Å². The zero-order valence-corrected chi connectivity index (χ0v) is 14.6. The zero-order valence-electron chi connectivity index (χ0n) is 13.8. The van der Waals surface area contributed by atoms with Crippen LogP contribution in [0.3, 0.4) is 0 Å². The van der Waals surface area contributed by atoms with Crippen LogP contribution >= 0.6 is 0 Å². The molecule has 7 nitrogen and oxygen atoms in total. The average molecular weight is 355 g/mol. The monoisotopic (exact) mass is 355 g/mol. The second-order valence-corrected chi connectivity index (χ2v) is 7.87. The standard InChI is InChI=1S/C16H25N3O4S/c20-24(21,19-10-12-22-13-11-19)16-3-1-15(2-4-16)23-14-9-18-7-5-17-6-8-18/h1-4,17H,5-14H2. The van der Waals surface area contributed by atoms with Crippen molar-refractivity contribution in [2.45, 2.75) is 4.90 Å². The number of hydrogen-bond donors (Lipinski definition) is 1. The van der Waals surface area contributed by atoms with Crippen molar-refractivity contribution in [3.8, 4) is 5.75 Å². The van der Waals surface area contributed by atoms with Crippen LogP contribution in [0.2, 0.25) is 0 Å². The lowest BCUT2D eigenvalue weighted by molar-refractivity contribution is 0.0730. The Hall–Kier alpha value is -1.19. The minimum Gasteiger partial charge on any atom is -0.492 e. The summed E-state index contributed by atoms with van der Waals surface area (Å²) in [6.45, 7) is 7.34. The molecule has 0 spiro atoms. The smallest absolute Gasteiger partial charge is 0.243 e. The van der Waals surface area contributed by atoms with E-state index in [0.29, 0.717) is 43.6 Å². The fourth-order valence-corrected chi connectivity index (χ4v) is 4.28. The summed E-state index contributed by atoms with van der Waals surface area (Å²) in [7, 11) is -3.43. The van der Waals surface area contributed by atoms with Crippen LogP contribution in [0.25, 0.3) is 0 Å². The summed E-state index contributed by atoms with van der Waals surface area (Å²) in [5.74, 6) is 0.700. The number of nitrogens with one attached hydrogen (secondary N) is 1. The van der Waals surface area contributed by atoms with Crippen LogP contribution in [-0.4, -0.2) is 83.3 Å². The van der Waals surface area contributed by atoms with E-state index in [1.807, 2.05) is 0 Å². The number of rotatable bonds is 6. The van der Waals surface area contributed by atoms with Gasteiger partial charge in [0.25, 0.3) is 0 Å². The highest BCUT2D eigenvalue weighted by molar-refractivity contribution is 7.89. The molecule has 0 radical (unpaired) electrons. The summed E-state index contributed by atoms with van der Waals surface area (Å²) >= 11 is 0. The van der Waals surface area contributed by atoms with Crippen LogP contribution in [0.5, 0.6) is 5.75 Å². The molecule has 0 unspecified atom stereocenters. The number of hydrogen-bond acceptors (Lipinski definition) is 6. The summed E-state index contributed by atoms with van der Waals surface area (Å²) in [4.78, 5) is 2.66. The van der Waals surface area contributed by atoms with Crippen molar-refractivity contribution in [3.05, 3.63) is 24.3 Å². The van der Waals surface area contributed by atoms with Gasteiger partial charge in [-0.25, -0.2) is 8.42 Å². The molecule has 1 aromatic carbocycles. The van der Waals surface area contributed by atoms with Crippen LogP contribution in [0, 0.1) is 0 Å². The van der Waals surface area contributed by atoms with Gasteiger partial charge in [-0.2, -0.15) is 4.31 Å². The molecule has 2 heterocycles. The minimum absolute atomic E-state index is 0.304. The Kier molecular flexibility index (Phi) is 6.07. The molecular weight excluding hydrogens is 330 g/mol. The van der Waals surface area contributed by atoms with Gasteiger partial charge in [0.1, 0.15) is 12.4 Å². The normalized spacial score (nSPS) is 20.8. The molecule has 1 aromatic rings. The van der Waals surface area contributed by atoms with E-state index in [1.165, 1.54) is 4.31 Å². The minimum atomic E-state index is -3.43. The molecule has 0 aliphatic carbocycles. The summed E-state index contributed by atoms with van der Waals surface area (Å²) in [5.41, 5.74) is 0. The Labute approximate surface area is 143 Å². The molecule has 8 heteroatoms. The van der Waals surface area contributed by atoms with Crippen LogP contribution in [-0.2, 0) is 14.8 Å². The van der Waals surface area contributed by atoms with Crippen LogP contribution in [0.4, 0.5) is 0 Å². The summed E-state index contributed by atoms with van der Waals surface area (Å²) in [6, 6.07) is 6.69. The lowest BCUT2D eigenvalue weighted by atomic mass is 10.3. The second kappa shape index (κ2) is 8.26. The van der Waals surface area contributed by atoms with Gasteiger partial charge in [0.15, 0.2) is 0 Å². The van der Waals surface area contributed by atoms with E-state index in [1.54, 1.807) is 24.3 Å². The van der Waals surface area contributed by atoms with E-state index >= 15 is 0 Å². The number of sulfonamides is 1. The first-order valence-electron chi connectivity index (χ1n) is 8.40. The van der Waals surface area contributed by atoms with Crippen molar-refractivity contribution >= 4 is 10.0 Å². The lowest BCUT2D eigenvalue weighted by Gasteiger charge is -2.27. The number of nitrogens with zero attached hydrogens (tertiary/aromatic N) is 2. The highest BCUT2D eigenvalue weighted by atomic mass is 32.2. The van der Waals surface area contributed by atoms with E-state index in [9.17, 15) is 8.42 Å². The Morgan fingerprint density at radius 1 is 1.04 bits per heavy atom. The third-order valence-electron chi connectivity index (χ3n) is 4.32. The van der Waals surface area contributed by atoms with Crippen molar-refractivity contribution < 1.29 is 17.9 Å². The molecule has 0 amide bonds. The van der Waals surface area contributed by atoms with Crippen molar-refractivity contribution in [2.75, 3.05) is 65.6 Å². The number of morpholine rings is 1. The summed E-state index contributed by atoms with van der Waals surface area (Å²) in [6.07, 6.45) is 0. The Morgan fingerprint density at radius 2 is 1.71 bits per heavy atom. The van der Waals surface area contributed by atoms with Crippen molar-refractivity contribution in [1.82, 2.24) is 14.5 Å². The van der Waals surface area contributed by atoms with Crippen LogP contribution in [0.15, 0.2) is 29.2 Å². The van der Waals surface area contributed by atoms with Crippen molar-refractivity contribution in [3.63, 3.8) is 0 Å². The van der Waals surface area contributed by atoms with E-state index in [0.717, 1.165) is 32.7 Å². The molecular formula is C16H25N3O4S. The van der Waals surface area contributed by atoms with Crippen molar-refractivity contribution in [1.29, 1.82) is 0 Å². The largest absolute Gasteiger partial charge is 0.492 e. The maximum Gasteiger partial charge on any atom is 0.243 e. The van der Waals surface area contributed by atoms with Gasteiger partial charge in [0.2, 0.25) is 10.0 Å². The predicted molar refractivity (Wildman–Crippen MR) is 90.8 cm³/mol. The molecule has 3 rings (SSSR count). The molecule has 0 aromatic heterocycles. The number of piperazine rings is 1. The number of ether oxygens (including phenoxy) is 2. The Morgan fingerprint density at radius 3 is 2.38 bits per heavy atom. The molecule has 0 atom stereocenters. The van der Waals surface area contributed by atoms with E-state index in [2.05, 4.69) is 10.2 Å². The maximum absolute atomic E-state index is 12.5. The van der Waals surface area contributed by atoms with Crippen LogP contribution < -0.4 is 10.1 Å². The molecule has 2 fully saturated rings. The third-order valence-corrected chi connectivity index (χ3v) is 6.23. The fourth-order valence-electron chi connectivity index (χ4n) is 2.87. The Bertz CT molecular complexity index is 609. The van der Waals surface area contributed by atoms with Gasteiger partial charge in [-0.05, 0) is 24.3 Å². The average Bonchev–Trinajstić information content (AvgIpc) is 2.64. The first-order valence-corrected chi connectivity index (χ1v) is 9.84. The fraction of sp³-hybridized carbons (Fsp3) is 0.625. The third kappa shape index (κ3) is 4.46. The van der Waals surface area contributed by atoms with Gasteiger partial charge in [0.05, 0.1) is 18.1 Å². The molecule has 2 aliphatic heterocycles. The molecule has 2 saturated heterocycles. The molecule has 134 valence electrons. The predicted octanol–water partition coefficient (Wildman–Crippen LogP) is -0.00850. The number of benzene rings is 1. The first kappa shape index (κ1) is 17.6. The van der Waals surface area contributed by atoms with Gasteiger partial charge >= 0.3 is 0 Å². The molecule has 0 saturated carbocycles. The highest BCUT2D eigenvalue weighted by Crippen LogP contribution is 2.20. The zero-order chi connectivity index (χ0) is 16.8. The molecule has 0 bridgehead atoms. The first-order chi connectivity index (χ1) is 11.7. The maximum atomic E-state index is 12.5. The Balaban J connectivity index is 1.52. The van der Waals surface area contributed by atoms with Gasteiger partial charge < -0.3 is 14.8 Å². The highest BCUT2D eigenvalue weighted by Gasteiger charge is 2.26. The van der Waals surface area contributed by atoms with E-state index in [4.69, 9.17) is 9.47 Å². The van der Waals surface area contributed by atoms with Gasteiger partial charge in [-0.1, -0.05) is 0 Å². The molecule has 2 aliphatic rings. The van der Waals surface area contributed by atoms with Gasteiger partial charge in [0, 0.05) is 45.8 Å². The lowest BCUT2D eigenvalue weighted by Crippen LogP contribution is -2.44. The second-order valence-electron chi connectivity index (χ2n) is 5.93. The summed E-state index contributed by atoms with van der Waals surface area (Å²) in [5, 5.41) is 3.32. The molecule has 24 heavy (non-hydrogen) atoms. The van der Waals surface area contributed by atoms with E-state index < -0.39 is 10.0 Å². The summed E-state index contributed by atoms with van der Waals surface area (Å²) < 4.78 is 37.5. The van der Waals surface area contributed by atoms with Gasteiger partial charge in [-0.15, -0.1) is 0 Å². The SMILES string of the molecule is O=S(=O)(c1ccc(OCCN2CCNCC2)cc1)N1CCOCC1.